The molecule has 146 valence electrons. The number of hydrogen-bond acceptors (Lipinski definition) is 5. The molecule has 0 spiro atoms. The number of carbonyl (C=O) groups excluding carboxylic acids is 2. The van der Waals surface area contributed by atoms with Crippen LogP contribution in [-0.2, 0) is 16.1 Å². The van der Waals surface area contributed by atoms with Crippen LogP contribution in [0.3, 0.4) is 0 Å². The lowest BCUT2D eigenvalue weighted by Gasteiger charge is -2.28. The average Bonchev–Trinajstić information content (AvgIpc) is 2.71. The van der Waals surface area contributed by atoms with Gasteiger partial charge in [-0.15, -0.1) is 0 Å². The summed E-state index contributed by atoms with van der Waals surface area (Å²) in [5.74, 6) is 0.552. The lowest BCUT2D eigenvalue weighted by Crippen LogP contribution is -2.45. The summed E-state index contributed by atoms with van der Waals surface area (Å²) in [5.41, 5.74) is 2.47. The topological polar surface area (TPSA) is 85.9 Å². The second-order valence-electron chi connectivity index (χ2n) is 6.25. The molecule has 3 rings (SSSR count). The molecule has 2 aromatic carbocycles. The molecule has 0 radical (unpaired) electrons. The van der Waals surface area contributed by atoms with Crippen molar-refractivity contribution >= 4 is 12.0 Å². The maximum atomic E-state index is 12.3. The van der Waals surface area contributed by atoms with Crippen LogP contribution in [0.15, 0.2) is 59.8 Å². The highest BCUT2D eigenvalue weighted by Crippen LogP contribution is 2.34. The standard InChI is InChI=1S/C21H22N2O5/c1-13-18(20(24)27-3)19(23-21(25)22-13)15-9-10-16(26-2)17(11-15)28-12-14-7-5-4-6-8-14/h4-11,19H,12H2,1-3H3,(H2,22,23,25)/t19-/m0/s1. The van der Waals surface area contributed by atoms with Gasteiger partial charge in [-0.05, 0) is 30.2 Å². The first-order valence-electron chi connectivity index (χ1n) is 8.74. The number of nitrogens with one attached hydrogen (secondary N) is 2. The van der Waals surface area contributed by atoms with Gasteiger partial charge in [-0.3, -0.25) is 0 Å². The third-order valence-corrected chi connectivity index (χ3v) is 4.43. The number of rotatable bonds is 6. The first-order valence-corrected chi connectivity index (χ1v) is 8.74. The molecular weight excluding hydrogens is 360 g/mol. The molecule has 2 N–H and O–H groups in total. The molecule has 0 aliphatic carbocycles. The lowest BCUT2D eigenvalue weighted by molar-refractivity contribution is -0.136. The molecule has 0 bridgehead atoms. The average molecular weight is 382 g/mol. The Morgan fingerprint density at radius 1 is 1.07 bits per heavy atom. The number of ether oxygens (including phenoxy) is 3. The summed E-state index contributed by atoms with van der Waals surface area (Å²) in [6.07, 6.45) is 0. The van der Waals surface area contributed by atoms with Gasteiger partial charge in [-0.2, -0.15) is 0 Å². The number of esters is 1. The van der Waals surface area contributed by atoms with E-state index in [1.807, 2.05) is 30.3 Å². The van der Waals surface area contributed by atoms with Gasteiger partial charge in [0, 0.05) is 5.70 Å². The van der Waals surface area contributed by atoms with Crippen molar-refractivity contribution < 1.29 is 23.8 Å². The molecule has 28 heavy (non-hydrogen) atoms. The van der Waals surface area contributed by atoms with Crippen LogP contribution in [0.1, 0.15) is 24.1 Å². The van der Waals surface area contributed by atoms with E-state index >= 15 is 0 Å². The molecule has 0 fully saturated rings. The molecule has 0 saturated carbocycles. The van der Waals surface area contributed by atoms with Crippen LogP contribution in [0.5, 0.6) is 11.5 Å². The van der Waals surface area contributed by atoms with Crippen LogP contribution in [-0.4, -0.2) is 26.2 Å². The molecular formula is C21H22N2O5. The van der Waals surface area contributed by atoms with Crippen molar-refractivity contribution in [3.05, 3.63) is 70.9 Å². The van der Waals surface area contributed by atoms with E-state index in [9.17, 15) is 9.59 Å². The SMILES string of the molecule is COC(=O)C1=C(C)NC(=O)N[C@H]1c1ccc(OC)c(OCc2ccccc2)c1. The second-order valence-corrected chi connectivity index (χ2v) is 6.25. The van der Waals surface area contributed by atoms with Gasteiger partial charge in [0.25, 0.3) is 0 Å². The fraction of sp³-hybridized carbons (Fsp3) is 0.238. The summed E-state index contributed by atoms with van der Waals surface area (Å²) >= 11 is 0. The monoisotopic (exact) mass is 382 g/mol. The van der Waals surface area contributed by atoms with Crippen molar-refractivity contribution in [1.82, 2.24) is 10.6 Å². The highest BCUT2D eigenvalue weighted by Gasteiger charge is 2.32. The summed E-state index contributed by atoms with van der Waals surface area (Å²) < 4.78 is 16.2. The zero-order chi connectivity index (χ0) is 20.1. The Labute approximate surface area is 163 Å². The molecule has 0 unspecified atom stereocenters. The Hall–Kier alpha value is -3.48. The lowest BCUT2D eigenvalue weighted by atomic mass is 9.95. The number of benzene rings is 2. The number of carbonyl (C=O) groups is 2. The Morgan fingerprint density at radius 3 is 2.50 bits per heavy atom. The molecule has 0 saturated heterocycles. The molecule has 1 aliphatic heterocycles. The van der Waals surface area contributed by atoms with Crippen LogP contribution < -0.4 is 20.1 Å². The van der Waals surface area contributed by atoms with E-state index < -0.39 is 18.0 Å². The Kier molecular flexibility index (Phi) is 5.84. The van der Waals surface area contributed by atoms with Crippen molar-refractivity contribution in [3.8, 4) is 11.5 Å². The summed E-state index contributed by atoms with van der Waals surface area (Å²) in [5, 5.41) is 5.36. The van der Waals surface area contributed by atoms with E-state index in [0.717, 1.165) is 5.56 Å². The summed E-state index contributed by atoms with van der Waals surface area (Å²) in [4.78, 5) is 24.2. The van der Waals surface area contributed by atoms with Crippen molar-refractivity contribution in [2.45, 2.75) is 19.6 Å². The minimum absolute atomic E-state index is 0.335. The second kappa shape index (κ2) is 8.47. The Balaban J connectivity index is 1.94. The maximum absolute atomic E-state index is 12.3. The van der Waals surface area contributed by atoms with Gasteiger partial charge in [0.15, 0.2) is 11.5 Å². The van der Waals surface area contributed by atoms with Gasteiger partial charge in [0.2, 0.25) is 0 Å². The Bertz CT molecular complexity index is 908. The van der Waals surface area contributed by atoms with E-state index in [1.54, 1.807) is 32.2 Å². The normalized spacial score (nSPS) is 16.1. The van der Waals surface area contributed by atoms with E-state index in [0.29, 0.717) is 34.9 Å². The van der Waals surface area contributed by atoms with Gasteiger partial charge >= 0.3 is 12.0 Å². The molecule has 7 heteroatoms. The zero-order valence-electron chi connectivity index (χ0n) is 15.9. The fourth-order valence-electron chi connectivity index (χ4n) is 3.05. The zero-order valence-corrected chi connectivity index (χ0v) is 15.9. The maximum Gasteiger partial charge on any atom is 0.337 e. The van der Waals surface area contributed by atoms with Crippen molar-refractivity contribution in [3.63, 3.8) is 0 Å². The van der Waals surface area contributed by atoms with Gasteiger partial charge < -0.3 is 24.8 Å². The molecule has 0 aromatic heterocycles. The number of urea groups is 1. The number of methoxy groups -OCH3 is 2. The van der Waals surface area contributed by atoms with Crippen LogP contribution in [0.4, 0.5) is 4.79 Å². The van der Waals surface area contributed by atoms with E-state index in [2.05, 4.69) is 10.6 Å². The minimum Gasteiger partial charge on any atom is -0.493 e. The first kappa shape index (κ1) is 19.3. The van der Waals surface area contributed by atoms with E-state index in [-0.39, 0.29) is 0 Å². The third-order valence-electron chi connectivity index (χ3n) is 4.43. The minimum atomic E-state index is -0.661. The van der Waals surface area contributed by atoms with Crippen molar-refractivity contribution in [2.75, 3.05) is 14.2 Å². The van der Waals surface area contributed by atoms with Gasteiger partial charge in [-0.25, -0.2) is 9.59 Å². The van der Waals surface area contributed by atoms with Crippen LogP contribution in [0.2, 0.25) is 0 Å². The van der Waals surface area contributed by atoms with Crippen LogP contribution in [0.25, 0.3) is 0 Å². The smallest absolute Gasteiger partial charge is 0.337 e. The predicted molar refractivity (Wildman–Crippen MR) is 103 cm³/mol. The van der Waals surface area contributed by atoms with Crippen LogP contribution in [0, 0.1) is 0 Å². The van der Waals surface area contributed by atoms with Gasteiger partial charge in [0.05, 0.1) is 25.8 Å². The first-order chi connectivity index (χ1) is 13.5. The highest BCUT2D eigenvalue weighted by atomic mass is 16.5. The van der Waals surface area contributed by atoms with Gasteiger partial charge in [-0.1, -0.05) is 36.4 Å². The van der Waals surface area contributed by atoms with E-state index in [1.165, 1.54) is 7.11 Å². The molecule has 1 atom stereocenters. The van der Waals surface area contributed by atoms with Crippen molar-refractivity contribution in [2.24, 2.45) is 0 Å². The number of hydrogen-bond donors (Lipinski definition) is 2. The largest absolute Gasteiger partial charge is 0.493 e. The summed E-state index contributed by atoms with van der Waals surface area (Å²) in [6, 6.07) is 14.0. The molecule has 2 amide bonds. The molecule has 2 aromatic rings. The van der Waals surface area contributed by atoms with Crippen LogP contribution >= 0.6 is 0 Å². The van der Waals surface area contributed by atoms with E-state index in [4.69, 9.17) is 14.2 Å². The quantitative estimate of drug-likeness (QED) is 0.750. The fourth-order valence-corrected chi connectivity index (χ4v) is 3.05. The number of amides is 2. The molecule has 1 heterocycles. The number of allylic oxidation sites excluding steroid dienone is 1. The third kappa shape index (κ3) is 4.09. The molecule has 7 nitrogen and oxygen atoms in total. The highest BCUT2D eigenvalue weighted by molar-refractivity contribution is 5.95. The summed E-state index contributed by atoms with van der Waals surface area (Å²) in [6.45, 7) is 2.02. The predicted octanol–water partition coefficient (Wildman–Crippen LogP) is 3.08. The van der Waals surface area contributed by atoms with Crippen molar-refractivity contribution in [1.29, 1.82) is 0 Å². The molecule has 1 aliphatic rings. The summed E-state index contributed by atoms with van der Waals surface area (Å²) in [7, 11) is 2.86. The Morgan fingerprint density at radius 2 is 1.82 bits per heavy atom. The van der Waals surface area contributed by atoms with Gasteiger partial charge in [0.1, 0.15) is 6.61 Å².